The smallest absolute Gasteiger partial charge is 0.328 e. The molecule has 0 aromatic carbocycles. The van der Waals surface area contributed by atoms with Crippen LogP contribution in [0.4, 0.5) is 0 Å². The monoisotopic (exact) mass is 207 g/mol. The van der Waals surface area contributed by atoms with Crippen LogP contribution in [0.15, 0.2) is 0 Å². The third kappa shape index (κ3) is 2.53. The van der Waals surface area contributed by atoms with Crippen LogP contribution in [-0.4, -0.2) is 25.9 Å². The summed E-state index contributed by atoms with van der Waals surface area (Å²) in [6.07, 6.45) is 3.53. The summed E-state index contributed by atoms with van der Waals surface area (Å²) in [6, 6.07) is 0.262. The van der Waals surface area contributed by atoms with Gasteiger partial charge in [0.25, 0.3) is 0 Å². The topological polar surface area (TPSA) is 61.5 Å². The van der Waals surface area contributed by atoms with Gasteiger partial charge in [-0.1, -0.05) is 0 Å². The third-order valence-electron chi connectivity index (χ3n) is 2.70. The highest BCUT2D eigenvalue weighted by molar-refractivity contribution is 7.54. The Kier molecular flexibility index (Phi) is 3.92. The molecule has 0 aliphatic heterocycles. The summed E-state index contributed by atoms with van der Waals surface area (Å²) in [5.41, 5.74) is 5.80. The molecule has 2 N–H and O–H groups in total. The quantitative estimate of drug-likeness (QED) is 0.716. The number of rotatable bonds is 3. The van der Waals surface area contributed by atoms with E-state index in [4.69, 9.17) is 14.8 Å². The molecule has 5 heteroatoms. The van der Waals surface area contributed by atoms with Crippen molar-refractivity contribution in [3.8, 4) is 0 Å². The second-order valence-corrected chi connectivity index (χ2v) is 6.01. The fraction of sp³-hybridized carbons (Fsp3) is 1.00. The normalized spacial score (nSPS) is 30.4. The van der Waals surface area contributed by atoms with Crippen molar-refractivity contribution in [2.75, 3.05) is 14.2 Å². The van der Waals surface area contributed by atoms with Gasteiger partial charge in [0.1, 0.15) is 0 Å². The summed E-state index contributed by atoms with van der Waals surface area (Å²) in [4.78, 5) is 0. The largest absolute Gasteiger partial charge is 0.333 e. The highest BCUT2D eigenvalue weighted by atomic mass is 31.2. The Hall–Kier alpha value is 0.110. The second kappa shape index (κ2) is 4.56. The minimum atomic E-state index is -2.84. The van der Waals surface area contributed by atoms with Crippen molar-refractivity contribution in [2.24, 2.45) is 5.73 Å². The first-order valence-corrected chi connectivity index (χ1v) is 6.20. The van der Waals surface area contributed by atoms with Gasteiger partial charge in [0.05, 0.1) is 5.66 Å². The summed E-state index contributed by atoms with van der Waals surface area (Å²) < 4.78 is 21.8. The van der Waals surface area contributed by atoms with Gasteiger partial charge in [-0.3, -0.25) is 4.57 Å². The van der Waals surface area contributed by atoms with Crippen LogP contribution in [0.5, 0.6) is 0 Å². The zero-order valence-electron chi connectivity index (χ0n) is 8.23. The molecule has 1 saturated carbocycles. The average Bonchev–Trinajstić information content (AvgIpc) is 2.18. The van der Waals surface area contributed by atoms with E-state index in [1.807, 2.05) is 0 Å². The maximum absolute atomic E-state index is 11.9. The summed E-state index contributed by atoms with van der Waals surface area (Å²) in [6.45, 7) is 0. The summed E-state index contributed by atoms with van der Waals surface area (Å²) in [7, 11) is 0.0479. The standard InChI is InChI=1S/C8H18NO3P/c1-11-13(10,12-2)8-5-3-7(9)4-6-8/h7-8H,3-6,9H2,1-2H3. The van der Waals surface area contributed by atoms with Crippen molar-refractivity contribution >= 4 is 7.60 Å². The van der Waals surface area contributed by atoms with Crippen molar-refractivity contribution < 1.29 is 13.6 Å². The first-order valence-electron chi connectivity index (χ1n) is 4.59. The van der Waals surface area contributed by atoms with Gasteiger partial charge < -0.3 is 14.8 Å². The van der Waals surface area contributed by atoms with E-state index in [1.54, 1.807) is 0 Å². The molecule has 0 heterocycles. The van der Waals surface area contributed by atoms with Gasteiger partial charge in [0, 0.05) is 20.3 Å². The fourth-order valence-electron chi connectivity index (χ4n) is 1.79. The Balaban J connectivity index is 2.56. The van der Waals surface area contributed by atoms with E-state index in [9.17, 15) is 4.57 Å². The van der Waals surface area contributed by atoms with Crippen LogP contribution in [0.3, 0.4) is 0 Å². The maximum atomic E-state index is 11.9. The van der Waals surface area contributed by atoms with Crippen LogP contribution in [0.25, 0.3) is 0 Å². The van der Waals surface area contributed by atoms with E-state index in [0.717, 1.165) is 25.7 Å². The molecule has 4 nitrogen and oxygen atoms in total. The Morgan fingerprint density at radius 2 is 1.62 bits per heavy atom. The van der Waals surface area contributed by atoms with Gasteiger partial charge in [0.2, 0.25) is 0 Å². The van der Waals surface area contributed by atoms with Crippen molar-refractivity contribution in [3.05, 3.63) is 0 Å². The molecule has 0 spiro atoms. The molecule has 78 valence electrons. The molecule has 0 atom stereocenters. The van der Waals surface area contributed by atoms with Crippen LogP contribution in [0.1, 0.15) is 25.7 Å². The van der Waals surface area contributed by atoms with Crippen LogP contribution >= 0.6 is 7.60 Å². The molecule has 0 aromatic heterocycles. The van der Waals surface area contributed by atoms with Crippen molar-refractivity contribution in [3.63, 3.8) is 0 Å². The van der Waals surface area contributed by atoms with E-state index in [2.05, 4.69) is 0 Å². The molecule has 0 amide bonds. The fourth-order valence-corrected chi connectivity index (χ4v) is 3.47. The Labute approximate surface area is 79.3 Å². The highest BCUT2D eigenvalue weighted by Crippen LogP contribution is 2.55. The third-order valence-corrected chi connectivity index (χ3v) is 5.13. The van der Waals surface area contributed by atoms with E-state index in [1.165, 1.54) is 14.2 Å². The second-order valence-electron chi connectivity index (χ2n) is 3.47. The first-order chi connectivity index (χ1) is 6.12. The maximum Gasteiger partial charge on any atom is 0.333 e. The van der Waals surface area contributed by atoms with Crippen LogP contribution in [0.2, 0.25) is 0 Å². The van der Waals surface area contributed by atoms with Gasteiger partial charge in [-0.25, -0.2) is 0 Å². The minimum absolute atomic E-state index is 0.0438. The molecular formula is C8H18NO3P. The zero-order valence-corrected chi connectivity index (χ0v) is 9.13. The predicted octanol–water partition coefficient (Wildman–Crippen LogP) is 1.74. The molecule has 0 bridgehead atoms. The van der Waals surface area contributed by atoms with E-state index < -0.39 is 7.60 Å². The minimum Gasteiger partial charge on any atom is -0.328 e. The van der Waals surface area contributed by atoms with Gasteiger partial charge in [0.15, 0.2) is 0 Å². The molecule has 0 aromatic rings. The van der Waals surface area contributed by atoms with E-state index in [-0.39, 0.29) is 11.7 Å². The molecule has 1 rings (SSSR count). The highest BCUT2D eigenvalue weighted by Gasteiger charge is 2.36. The van der Waals surface area contributed by atoms with Gasteiger partial charge in [-0.15, -0.1) is 0 Å². The van der Waals surface area contributed by atoms with E-state index in [0.29, 0.717) is 0 Å². The Morgan fingerprint density at radius 1 is 1.15 bits per heavy atom. The van der Waals surface area contributed by atoms with Crippen molar-refractivity contribution in [1.82, 2.24) is 0 Å². The van der Waals surface area contributed by atoms with Gasteiger partial charge in [-0.05, 0) is 25.7 Å². The molecule has 1 aliphatic rings. The molecule has 0 radical (unpaired) electrons. The summed E-state index contributed by atoms with van der Waals surface area (Å²) in [5, 5.41) is 0. The van der Waals surface area contributed by atoms with E-state index >= 15 is 0 Å². The molecule has 0 saturated heterocycles. The lowest BCUT2D eigenvalue weighted by Gasteiger charge is -2.29. The van der Waals surface area contributed by atoms with Crippen molar-refractivity contribution in [2.45, 2.75) is 37.4 Å². The van der Waals surface area contributed by atoms with Gasteiger partial charge >= 0.3 is 7.60 Å². The van der Waals surface area contributed by atoms with Crippen LogP contribution in [0, 0.1) is 0 Å². The average molecular weight is 207 g/mol. The zero-order chi connectivity index (χ0) is 9.90. The molecular weight excluding hydrogens is 189 g/mol. The Morgan fingerprint density at radius 3 is 2.00 bits per heavy atom. The van der Waals surface area contributed by atoms with Crippen LogP contribution in [-0.2, 0) is 13.6 Å². The Bertz CT molecular complexity index is 194. The number of hydrogen-bond donors (Lipinski definition) is 1. The first kappa shape index (κ1) is 11.2. The molecule has 1 aliphatic carbocycles. The van der Waals surface area contributed by atoms with Crippen molar-refractivity contribution in [1.29, 1.82) is 0 Å². The lowest BCUT2D eigenvalue weighted by atomic mass is 9.96. The van der Waals surface area contributed by atoms with Gasteiger partial charge in [-0.2, -0.15) is 0 Å². The van der Waals surface area contributed by atoms with Crippen LogP contribution < -0.4 is 5.73 Å². The number of nitrogens with two attached hydrogens (primary N) is 1. The molecule has 1 fully saturated rings. The SMILES string of the molecule is COP(=O)(OC)C1CCC(N)CC1. The lowest BCUT2D eigenvalue weighted by Crippen LogP contribution is -2.29. The lowest BCUT2D eigenvalue weighted by molar-refractivity contribution is 0.253. The number of hydrogen-bond acceptors (Lipinski definition) is 4. The summed E-state index contributed by atoms with van der Waals surface area (Å²) >= 11 is 0. The molecule has 13 heavy (non-hydrogen) atoms. The summed E-state index contributed by atoms with van der Waals surface area (Å²) in [5.74, 6) is 0. The predicted molar refractivity (Wildman–Crippen MR) is 51.9 cm³/mol. The molecule has 0 unspecified atom stereocenters.